The third-order valence-corrected chi connectivity index (χ3v) is 10.8. The second-order valence-electron chi connectivity index (χ2n) is 17.1. The highest BCUT2D eigenvalue weighted by Gasteiger charge is 2.36. The Morgan fingerprint density at radius 1 is 0.800 bits per heavy atom. The minimum absolute atomic E-state index is 0.175. The van der Waals surface area contributed by atoms with Crippen LogP contribution in [0, 0.1) is 23.2 Å². The first-order chi connectivity index (χ1) is 21.7. The molecule has 0 saturated heterocycles. The van der Waals surface area contributed by atoms with Crippen LogP contribution in [0.2, 0.25) is 0 Å². The van der Waals surface area contributed by atoms with Gasteiger partial charge in [0, 0.05) is 29.3 Å². The molecule has 2 aromatic heterocycles. The molecule has 0 amide bonds. The highest BCUT2D eigenvalue weighted by Crippen LogP contribution is 2.51. The fraction of sp³-hybridized carbons (Fsp3) is 0.512. The van der Waals surface area contributed by atoms with Crippen molar-refractivity contribution in [2.24, 2.45) is 16.2 Å². The molecule has 2 fully saturated rings. The molecule has 0 bridgehead atoms. The Morgan fingerprint density at radius 2 is 1.51 bits per heavy atom. The molecule has 0 radical (unpaired) electrons. The zero-order valence-corrected chi connectivity index (χ0v) is 28.8. The summed E-state index contributed by atoms with van der Waals surface area (Å²) in [5.74, 6) is -0.520. The molecule has 5 aromatic rings. The fourth-order valence-electron chi connectivity index (χ4n) is 8.62. The maximum absolute atomic E-state index is 9.66. The van der Waals surface area contributed by atoms with E-state index < -0.39 is 5.89 Å². The highest BCUT2D eigenvalue weighted by atomic mass is 16.3. The number of hydrogen-bond acceptors (Lipinski definition) is 2. The van der Waals surface area contributed by atoms with E-state index in [9.17, 15) is 1.37 Å². The molecule has 0 atom stereocenters. The van der Waals surface area contributed by atoms with Gasteiger partial charge in [0.15, 0.2) is 0 Å². The second kappa shape index (κ2) is 11.3. The van der Waals surface area contributed by atoms with Crippen molar-refractivity contribution in [3.63, 3.8) is 0 Å². The van der Waals surface area contributed by atoms with Crippen LogP contribution in [0.25, 0.3) is 44.0 Å². The van der Waals surface area contributed by atoms with Gasteiger partial charge in [0.1, 0.15) is 11.2 Å². The lowest BCUT2D eigenvalue weighted by molar-refractivity contribution is 0.114. The summed E-state index contributed by atoms with van der Waals surface area (Å²) >= 11 is 0. The maximum Gasteiger partial charge on any atom is 0.144 e. The summed E-state index contributed by atoms with van der Waals surface area (Å²) in [6.07, 6.45) is 15.3. The normalized spacial score (nSPS) is 19.0. The minimum atomic E-state index is -0.520. The summed E-state index contributed by atoms with van der Waals surface area (Å²) < 4.78 is 16.6. The number of hydrogen-bond donors (Lipinski definition) is 0. The zero-order valence-electron chi connectivity index (χ0n) is 29.8. The molecule has 2 aliphatic carbocycles. The monoisotopic (exact) mass is 600 g/mol. The summed E-state index contributed by atoms with van der Waals surface area (Å²) in [5, 5.41) is 4.65. The number of furan rings is 1. The Morgan fingerprint density at radius 3 is 2.22 bits per heavy atom. The van der Waals surface area contributed by atoms with Crippen molar-refractivity contribution >= 4 is 32.7 Å². The number of nitrogens with zero attached hydrogens (tertiary/aromatic N) is 1. The van der Waals surface area contributed by atoms with E-state index in [1.54, 1.807) is 0 Å². The SMILES string of the molecule is [2H]C1(c2ccc3cc(C)c4c5cccc(-c6cc(CC(C)(C)C)c(CC(C)(C)C)cn6)c5oc4c3c2)CCC2(CCCCC2)CC1. The summed E-state index contributed by atoms with van der Waals surface area (Å²) in [6, 6.07) is 17.9. The van der Waals surface area contributed by atoms with Crippen LogP contribution in [0.5, 0.6) is 0 Å². The second-order valence-corrected chi connectivity index (χ2v) is 17.1. The first-order valence-corrected chi connectivity index (χ1v) is 17.6. The van der Waals surface area contributed by atoms with E-state index in [0.29, 0.717) is 5.41 Å². The van der Waals surface area contributed by atoms with E-state index in [-0.39, 0.29) is 10.8 Å². The molecule has 0 aliphatic heterocycles. The number of benzene rings is 3. The smallest absolute Gasteiger partial charge is 0.144 e. The molecular formula is C43H53NO. The first kappa shape index (κ1) is 29.3. The fourth-order valence-corrected chi connectivity index (χ4v) is 8.62. The lowest BCUT2D eigenvalue weighted by Gasteiger charge is -2.43. The molecule has 7 rings (SSSR count). The predicted octanol–water partition coefficient (Wildman–Crippen LogP) is 12.9. The number of aromatic nitrogens is 1. The van der Waals surface area contributed by atoms with Crippen LogP contribution >= 0.6 is 0 Å². The van der Waals surface area contributed by atoms with Crippen molar-refractivity contribution in [2.75, 3.05) is 0 Å². The molecule has 2 saturated carbocycles. The van der Waals surface area contributed by atoms with Gasteiger partial charge in [-0.2, -0.15) is 0 Å². The van der Waals surface area contributed by atoms with E-state index in [2.05, 4.69) is 103 Å². The molecule has 236 valence electrons. The summed E-state index contributed by atoms with van der Waals surface area (Å²) in [6.45, 7) is 16.1. The van der Waals surface area contributed by atoms with Crippen molar-refractivity contribution in [3.8, 4) is 11.3 Å². The minimum Gasteiger partial charge on any atom is -0.455 e. The van der Waals surface area contributed by atoms with E-state index in [0.717, 1.165) is 64.4 Å². The van der Waals surface area contributed by atoms with Crippen LogP contribution in [0.1, 0.15) is 129 Å². The molecule has 2 heteroatoms. The zero-order chi connectivity index (χ0) is 32.5. The van der Waals surface area contributed by atoms with E-state index in [1.165, 1.54) is 72.4 Å². The maximum atomic E-state index is 9.66. The number of fused-ring (bicyclic) bond motifs is 5. The standard InChI is InChI=1S/C43H53NO/c1-28-22-31-15-14-30(29-16-20-43(21-17-29)18-9-8-10-19-43)23-36(31)40-38(28)35-13-11-12-34(39(35)45-40)37-24-32(25-41(2,3)4)33(27-44-37)26-42(5,6)7/h11-15,22-24,27,29H,8-10,16-21,25-26H2,1-7H3/i29D. The van der Waals surface area contributed by atoms with Gasteiger partial charge in [0.05, 0.1) is 5.69 Å². The van der Waals surface area contributed by atoms with Crippen molar-refractivity contribution in [1.82, 2.24) is 4.98 Å². The van der Waals surface area contributed by atoms with E-state index in [1.807, 2.05) is 0 Å². The van der Waals surface area contributed by atoms with Crippen molar-refractivity contribution < 1.29 is 5.79 Å². The average Bonchev–Trinajstić information content (AvgIpc) is 3.40. The van der Waals surface area contributed by atoms with Gasteiger partial charge in [0.2, 0.25) is 0 Å². The molecule has 1 spiro atoms. The molecular weight excluding hydrogens is 546 g/mol. The Hall–Kier alpha value is -3.13. The molecule has 0 N–H and O–H groups in total. The number of para-hydroxylation sites is 1. The third kappa shape index (κ3) is 6.07. The largest absolute Gasteiger partial charge is 0.455 e. The van der Waals surface area contributed by atoms with Crippen molar-refractivity contribution in [3.05, 3.63) is 77.0 Å². The molecule has 0 unspecified atom stereocenters. The Bertz CT molecular complexity index is 1910. The quantitative estimate of drug-likeness (QED) is 0.205. The topological polar surface area (TPSA) is 26.0 Å². The lowest BCUT2D eigenvalue weighted by Crippen LogP contribution is -2.29. The van der Waals surface area contributed by atoms with Gasteiger partial charge in [-0.15, -0.1) is 0 Å². The van der Waals surface area contributed by atoms with Crippen molar-refractivity contribution in [2.45, 2.75) is 125 Å². The molecule has 2 nitrogen and oxygen atoms in total. The van der Waals surface area contributed by atoms with Crippen LogP contribution in [0.15, 0.2) is 59.1 Å². The Kier molecular flexibility index (Phi) is 7.34. The van der Waals surface area contributed by atoms with Crippen LogP contribution < -0.4 is 0 Å². The van der Waals surface area contributed by atoms with Gasteiger partial charge in [-0.1, -0.05) is 91.1 Å². The molecule has 3 aromatic carbocycles. The summed E-state index contributed by atoms with van der Waals surface area (Å²) in [4.78, 5) is 5.06. The predicted molar refractivity (Wildman–Crippen MR) is 192 cm³/mol. The van der Waals surface area contributed by atoms with Gasteiger partial charge >= 0.3 is 0 Å². The average molecular weight is 601 g/mol. The van der Waals surface area contributed by atoms with Gasteiger partial charge < -0.3 is 4.42 Å². The van der Waals surface area contributed by atoms with Crippen LogP contribution in [0.4, 0.5) is 0 Å². The highest BCUT2D eigenvalue weighted by molar-refractivity contribution is 6.18. The molecule has 2 heterocycles. The third-order valence-electron chi connectivity index (χ3n) is 10.8. The number of aryl methyl sites for hydroxylation is 1. The number of rotatable bonds is 4. The summed E-state index contributed by atoms with van der Waals surface area (Å²) in [7, 11) is 0. The van der Waals surface area contributed by atoms with Crippen LogP contribution in [-0.2, 0) is 12.8 Å². The van der Waals surface area contributed by atoms with Gasteiger partial charge in [-0.05, 0) is 126 Å². The Balaban J connectivity index is 1.33. The number of pyridine rings is 1. The first-order valence-electron chi connectivity index (χ1n) is 18.1. The van der Waals surface area contributed by atoms with E-state index in [4.69, 9.17) is 9.40 Å². The van der Waals surface area contributed by atoms with Gasteiger partial charge in [0.25, 0.3) is 0 Å². The Labute approximate surface area is 272 Å². The van der Waals surface area contributed by atoms with Crippen LogP contribution in [-0.4, -0.2) is 4.98 Å². The van der Waals surface area contributed by atoms with Gasteiger partial charge in [-0.25, -0.2) is 0 Å². The molecule has 45 heavy (non-hydrogen) atoms. The van der Waals surface area contributed by atoms with Crippen LogP contribution in [0.3, 0.4) is 0 Å². The molecule has 2 aliphatic rings. The lowest BCUT2D eigenvalue weighted by atomic mass is 9.62. The summed E-state index contributed by atoms with van der Waals surface area (Å²) in [5.41, 5.74) is 9.87. The van der Waals surface area contributed by atoms with Gasteiger partial charge in [-0.3, -0.25) is 4.98 Å². The van der Waals surface area contributed by atoms with E-state index >= 15 is 0 Å². The van der Waals surface area contributed by atoms with Crippen molar-refractivity contribution in [1.29, 1.82) is 0 Å².